The van der Waals surface area contributed by atoms with Crippen LogP contribution in [0.1, 0.15) is 29.9 Å². The van der Waals surface area contributed by atoms with Gasteiger partial charge in [0.1, 0.15) is 17.3 Å². The van der Waals surface area contributed by atoms with Crippen molar-refractivity contribution in [2.24, 2.45) is 0 Å². The zero-order valence-corrected chi connectivity index (χ0v) is 13.0. The normalized spacial score (nSPS) is 10.4. The van der Waals surface area contributed by atoms with E-state index in [1.165, 1.54) is 6.20 Å². The molecule has 0 bridgehead atoms. The molecule has 2 N–H and O–H groups in total. The quantitative estimate of drug-likeness (QED) is 0.855. The van der Waals surface area contributed by atoms with Crippen LogP contribution in [0, 0.1) is 0 Å². The van der Waals surface area contributed by atoms with Crippen LogP contribution in [-0.4, -0.2) is 29.0 Å². The topological polar surface area (TPSA) is 76.1 Å². The van der Waals surface area contributed by atoms with E-state index in [1.807, 2.05) is 38.1 Å². The lowest BCUT2D eigenvalue weighted by molar-refractivity contribution is 0.0937. The highest BCUT2D eigenvalue weighted by molar-refractivity contribution is 5.92. The second-order valence-electron chi connectivity index (χ2n) is 5.08. The van der Waals surface area contributed by atoms with Crippen LogP contribution in [0.25, 0.3) is 0 Å². The molecule has 0 saturated carbocycles. The minimum Gasteiger partial charge on any atom is -0.496 e. The molecule has 2 rings (SSSR count). The Kier molecular flexibility index (Phi) is 5.30. The summed E-state index contributed by atoms with van der Waals surface area (Å²) < 4.78 is 5.29. The van der Waals surface area contributed by atoms with Gasteiger partial charge in [0.15, 0.2) is 0 Å². The van der Waals surface area contributed by atoms with Gasteiger partial charge in [0, 0.05) is 18.2 Å². The van der Waals surface area contributed by atoms with Crippen molar-refractivity contribution in [3.8, 4) is 5.75 Å². The summed E-state index contributed by atoms with van der Waals surface area (Å²) in [5.41, 5.74) is 1.32. The Morgan fingerprint density at radius 1 is 1.23 bits per heavy atom. The lowest BCUT2D eigenvalue weighted by Gasteiger charge is -2.10. The molecule has 1 aromatic heterocycles. The molecule has 116 valence electrons. The highest BCUT2D eigenvalue weighted by Crippen LogP contribution is 2.18. The summed E-state index contributed by atoms with van der Waals surface area (Å²) in [6, 6.07) is 7.82. The number of hydrogen-bond donors (Lipinski definition) is 2. The molecule has 0 fully saturated rings. The molecule has 0 aliphatic carbocycles. The third kappa shape index (κ3) is 4.18. The molecule has 0 spiro atoms. The van der Waals surface area contributed by atoms with Gasteiger partial charge in [-0.05, 0) is 19.9 Å². The second kappa shape index (κ2) is 7.40. The number of ether oxygens (including phenoxy) is 1. The van der Waals surface area contributed by atoms with Crippen LogP contribution in [0.3, 0.4) is 0 Å². The maximum atomic E-state index is 11.8. The van der Waals surface area contributed by atoms with Crippen molar-refractivity contribution in [3.63, 3.8) is 0 Å². The summed E-state index contributed by atoms with van der Waals surface area (Å²) >= 11 is 0. The monoisotopic (exact) mass is 300 g/mol. The number of carbonyl (C=O) groups excluding carboxylic acids is 1. The van der Waals surface area contributed by atoms with E-state index in [0.29, 0.717) is 18.1 Å². The lowest BCUT2D eigenvalue weighted by atomic mass is 10.2. The molecule has 0 aliphatic rings. The summed E-state index contributed by atoms with van der Waals surface area (Å²) in [5.74, 6) is 1.20. The number of aromatic nitrogens is 2. The van der Waals surface area contributed by atoms with Crippen LogP contribution in [0.5, 0.6) is 5.75 Å². The molecule has 6 nitrogen and oxygen atoms in total. The summed E-state index contributed by atoms with van der Waals surface area (Å²) in [7, 11) is 1.64. The smallest absolute Gasteiger partial charge is 0.271 e. The number of hydrogen-bond acceptors (Lipinski definition) is 5. The van der Waals surface area contributed by atoms with Gasteiger partial charge in [-0.15, -0.1) is 0 Å². The second-order valence-corrected chi connectivity index (χ2v) is 5.08. The van der Waals surface area contributed by atoms with Crippen molar-refractivity contribution in [1.82, 2.24) is 15.3 Å². The minimum absolute atomic E-state index is 0.0673. The molecular weight excluding hydrogens is 280 g/mol. The maximum Gasteiger partial charge on any atom is 0.271 e. The Morgan fingerprint density at radius 3 is 2.64 bits per heavy atom. The Hall–Kier alpha value is -2.63. The fourth-order valence-corrected chi connectivity index (χ4v) is 1.91. The summed E-state index contributed by atoms with van der Waals surface area (Å²) in [6.45, 7) is 4.36. The predicted octanol–water partition coefficient (Wildman–Crippen LogP) is 2.24. The zero-order chi connectivity index (χ0) is 15.9. The van der Waals surface area contributed by atoms with Crippen molar-refractivity contribution in [2.75, 3.05) is 12.4 Å². The first-order chi connectivity index (χ1) is 10.6. The predicted molar refractivity (Wildman–Crippen MR) is 85.0 cm³/mol. The first-order valence-corrected chi connectivity index (χ1v) is 7.09. The Labute approximate surface area is 129 Å². The number of anilines is 1. The molecule has 0 unspecified atom stereocenters. The third-order valence-electron chi connectivity index (χ3n) is 2.96. The number of amides is 1. The third-order valence-corrected chi connectivity index (χ3v) is 2.96. The van der Waals surface area contributed by atoms with E-state index < -0.39 is 0 Å². The fourth-order valence-electron chi connectivity index (χ4n) is 1.91. The van der Waals surface area contributed by atoms with Crippen LogP contribution < -0.4 is 15.4 Å². The highest BCUT2D eigenvalue weighted by atomic mass is 16.5. The van der Waals surface area contributed by atoms with Gasteiger partial charge in [0.25, 0.3) is 5.91 Å². The van der Waals surface area contributed by atoms with Gasteiger partial charge < -0.3 is 15.4 Å². The lowest BCUT2D eigenvalue weighted by Crippen LogP contribution is -2.30. The van der Waals surface area contributed by atoms with Crippen LogP contribution in [0.4, 0.5) is 5.82 Å². The average Bonchev–Trinajstić information content (AvgIpc) is 2.53. The van der Waals surface area contributed by atoms with Gasteiger partial charge in [0.05, 0.1) is 19.5 Å². The van der Waals surface area contributed by atoms with Crippen molar-refractivity contribution < 1.29 is 9.53 Å². The van der Waals surface area contributed by atoms with E-state index in [2.05, 4.69) is 20.6 Å². The van der Waals surface area contributed by atoms with Crippen LogP contribution in [-0.2, 0) is 6.54 Å². The van der Waals surface area contributed by atoms with Crippen LogP contribution in [0.2, 0.25) is 0 Å². The maximum absolute atomic E-state index is 11.8. The van der Waals surface area contributed by atoms with Crippen molar-refractivity contribution in [3.05, 3.63) is 47.9 Å². The van der Waals surface area contributed by atoms with E-state index in [-0.39, 0.29) is 11.9 Å². The molecule has 2 aromatic rings. The number of para-hydroxylation sites is 1. The molecule has 0 saturated heterocycles. The van der Waals surface area contributed by atoms with Crippen molar-refractivity contribution >= 4 is 11.7 Å². The SMILES string of the molecule is COc1ccccc1CNc1cnc(C(=O)NC(C)C)cn1. The van der Waals surface area contributed by atoms with Crippen molar-refractivity contribution in [1.29, 1.82) is 0 Å². The summed E-state index contributed by atoms with van der Waals surface area (Å²) in [5, 5.41) is 5.93. The Bertz CT molecular complexity index is 626. The Balaban J connectivity index is 1.98. The standard InChI is InChI=1S/C16H20N4O2/c1-11(2)20-16(21)13-9-19-15(10-17-13)18-8-12-6-4-5-7-14(12)22-3/h4-7,9-11H,8H2,1-3H3,(H,18,19)(H,20,21). The largest absolute Gasteiger partial charge is 0.496 e. The molecule has 22 heavy (non-hydrogen) atoms. The molecule has 0 atom stereocenters. The first-order valence-electron chi connectivity index (χ1n) is 7.09. The van der Waals surface area contributed by atoms with E-state index in [1.54, 1.807) is 13.3 Å². The van der Waals surface area contributed by atoms with Gasteiger partial charge in [-0.1, -0.05) is 18.2 Å². The zero-order valence-electron chi connectivity index (χ0n) is 13.0. The molecule has 1 aromatic carbocycles. The van der Waals surface area contributed by atoms with E-state index in [9.17, 15) is 4.79 Å². The molecule has 0 radical (unpaired) electrons. The van der Waals surface area contributed by atoms with Crippen LogP contribution in [0.15, 0.2) is 36.7 Å². The highest BCUT2D eigenvalue weighted by Gasteiger charge is 2.09. The average molecular weight is 300 g/mol. The number of carbonyl (C=O) groups is 1. The number of nitrogens with one attached hydrogen (secondary N) is 2. The van der Waals surface area contributed by atoms with Crippen molar-refractivity contribution in [2.45, 2.75) is 26.4 Å². The van der Waals surface area contributed by atoms with Crippen LogP contribution >= 0.6 is 0 Å². The van der Waals surface area contributed by atoms with Gasteiger partial charge in [-0.2, -0.15) is 0 Å². The summed E-state index contributed by atoms with van der Waals surface area (Å²) in [6.07, 6.45) is 3.01. The number of rotatable bonds is 6. The molecule has 6 heteroatoms. The number of nitrogens with zero attached hydrogens (tertiary/aromatic N) is 2. The first kappa shape index (κ1) is 15.8. The molecule has 0 aliphatic heterocycles. The molecular formula is C16H20N4O2. The molecule has 1 amide bonds. The van der Waals surface area contributed by atoms with Gasteiger partial charge in [0.2, 0.25) is 0 Å². The van der Waals surface area contributed by atoms with E-state index in [4.69, 9.17) is 4.74 Å². The van der Waals surface area contributed by atoms with E-state index in [0.717, 1.165) is 11.3 Å². The van der Waals surface area contributed by atoms with E-state index >= 15 is 0 Å². The number of methoxy groups -OCH3 is 1. The molecule has 1 heterocycles. The van der Waals surface area contributed by atoms with Gasteiger partial charge >= 0.3 is 0 Å². The number of benzene rings is 1. The van der Waals surface area contributed by atoms with Gasteiger partial charge in [-0.3, -0.25) is 4.79 Å². The minimum atomic E-state index is -0.223. The Morgan fingerprint density at radius 2 is 2.00 bits per heavy atom. The summed E-state index contributed by atoms with van der Waals surface area (Å²) in [4.78, 5) is 20.1. The fraction of sp³-hybridized carbons (Fsp3) is 0.312. The van der Waals surface area contributed by atoms with Gasteiger partial charge in [-0.25, -0.2) is 9.97 Å².